The number of rotatable bonds is 1. The van der Waals surface area contributed by atoms with Gasteiger partial charge in [-0.3, -0.25) is 5.01 Å². The number of aromatic hydroxyl groups is 1. The molecule has 0 fully saturated rings. The number of hydrogen-bond acceptors (Lipinski definition) is 6. The number of benzene rings is 1. The molecule has 0 bridgehead atoms. The average Bonchev–Trinajstić information content (AvgIpc) is 2.99. The first-order valence-corrected chi connectivity index (χ1v) is 7.11. The molecule has 90 valence electrons. The average molecular weight is 276 g/mol. The van der Waals surface area contributed by atoms with Gasteiger partial charge in [-0.15, -0.1) is 10.2 Å². The number of hydrogen-bond donors (Lipinski definition) is 1. The summed E-state index contributed by atoms with van der Waals surface area (Å²) < 4.78 is 1.95. The quantitative estimate of drug-likeness (QED) is 0.862. The van der Waals surface area contributed by atoms with Crippen LogP contribution in [0, 0.1) is 0 Å². The Balaban J connectivity index is 1.77. The van der Waals surface area contributed by atoms with Crippen molar-refractivity contribution in [3.8, 4) is 5.75 Å². The van der Waals surface area contributed by atoms with Gasteiger partial charge in [-0.05, 0) is 29.5 Å². The first-order valence-electron chi connectivity index (χ1n) is 5.35. The summed E-state index contributed by atoms with van der Waals surface area (Å²) in [5.74, 6) is 0.289. The maximum Gasteiger partial charge on any atom is 0.216 e. The highest BCUT2D eigenvalue weighted by molar-refractivity contribution is 8.07. The highest BCUT2D eigenvalue weighted by Gasteiger charge is 2.37. The van der Waals surface area contributed by atoms with Gasteiger partial charge in [-0.25, -0.2) is 4.68 Å². The van der Waals surface area contributed by atoms with Crippen molar-refractivity contribution >= 4 is 23.5 Å². The summed E-state index contributed by atoms with van der Waals surface area (Å²) in [6, 6.07) is 7.35. The van der Waals surface area contributed by atoms with Crippen molar-refractivity contribution in [1.29, 1.82) is 0 Å². The van der Waals surface area contributed by atoms with Crippen molar-refractivity contribution in [2.24, 2.45) is 0 Å². The molecule has 1 aromatic heterocycles. The number of phenols is 1. The predicted octanol–water partition coefficient (Wildman–Crippen LogP) is 2.27. The Morgan fingerprint density at radius 1 is 1.33 bits per heavy atom. The van der Waals surface area contributed by atoms with Gasteiger partial charge in [-0.1, -0.05) is 23.9 Å². The van der Waals surface area contributed by atoms with Crippen LogP contribution in [0.15, 0.2) is 46.2 Å². The van der Waals surface area contributed by atoms with Crippen LogP contribution in [0.25, 0.3) is 0 Å². The number of nitrogens with zero attached hydrogens (tertiary/aromatic N) is 4. The summed E-state index contributed by atoms with van der Waals surface area (Å²) in [5, 5.41) is 24.0. The van der Waals surface area contributed by atoms with E-state index in [1.165, 1.54) is 0 Å². The molecule has 3 heterocycles. The van der Waals surface area contributed by atoms with E-state index in [1.807, 2.05) is 16.8 Å². The Morgan fingerprint density at radius 2 is 2.28 bits per heavy atom. The minimum absolute atomic E-state index is 0.122. The molecule has 18 heavy (non-hydrogen) atoms. The molecule has 7 heteroatoms. The number of thioether (sulfide) groups is 2. The molecule has 0 saturated carbocycles. The van der Waals surface area contributed by atoms with Gasteiger partial charge < -0.3 is 5.11 Å². The third-order valence-electron chi connectivity index (χ3n) is 2.83. The van der Waals surface area contributed by atoms with Gasteiger partial charge in [0.05, 0.1) is 0 Å². The Kier molecular flexibility index (Phi) is 2.12. The van der Waals surface area contributed by atoms with Gasteiger partial charge in [0, 0.05) is 5.41 Å². The van der Waals surface area contributed by atoms with Crippen LogP contribution in [0.2, 0.25) is 0 Å². The van der Waals surface area contributed by atoms with Crippen LogP contribution < -0.4 is 5.01 Å². The minimum Gasteiger partial charge on any atom is -0.508 e. The van der Waals surface area contributed by atoms with Gasteiger partial charge in [-0.2, -0.15) is 0 Å². The first-order chi connectivity index (χ1) is 8.83. The van der Waals surface area contributed by atoms with Crippen molar-refractivity contribution in [2.45, 2.75) is 10.5 Å². The van der Waals surface area contributed by atoms with E-state index in [9.17, 15) is 5.11 Å². The molecule has 1 unspecified atom stereocenters. The highest BCUT2D eigenvalue weighted by atomic mass is 32.2. The molecule has 1 aromatic carbocycles. The van der Waals surface area contributed by atoms with Crippen LogP contribution in [0.5, 0.6) is 5.75 Å². The molecule has 2 aliphatic rings. The predicted molar refractivity (Wildman–Crippen MR) is 70.6 cm³/mol. The van der Waals surface area contributed by atoms with Gasteiger partial charge in [0.15, 0.2) is 0 Å². The van der Waals surface area contributed by atoms with Crippen LogP contribution in [0.3, 0.4) is 0 Å². The monoisotopic (exact) mass is 276 g/mol. The minimum atomic E-state index is 0.122. The van der Waals surface area contributed by atoms with E-state index < -0.39 is 0 Å². The molecule has 0 spiro atoms. The number of phenolic OH excluding ortho intramolecular Hbond substituents is 1. The lowest BCUT2D eigenvalue weighted by molar-refractivity contribution is 0.474. The zero-order valence-corrected chi connectivity index (χ0v) is 10.7. The zero-order valence-electron chi connectivity index (χ0n) is 9.09. The zero-order chi connectivity index (χ0) is 12.1. The molecule has 0 saturated heterocycles. The maximum atomic E-state index is 9.59. The van der Waals surface area contributed by atoms with Gasteiger partial charge in [0.2, 0.25) is 5.16 Å². The Morgan fingerprint density at radius 3 is 3.17 bits per heavy atom. The fourth-order valence-electron chi connectivity index (χ4n) is 2.07. The van der Waals surface area contributed by atoms with Crippen LogP contribution >= 0.6 is 23.5 Å². The molecule has 5 nitrogen and oxygen atoms in total. The SMILES string of the molecule is Oc1cccc(C2SC=C3Sc4nncn4N32)c1. The van der Waals surface area contributed by atoms with Crippen LogP contribution in [0.4, 0.5) is 0 Å². The normalized spacial score (nSPS) is 20.8. The van der Waals surface area contributed by atoms with Gasteiger partial charge in [0.1, 0.15) is 22.5 Å². The second kappa shape index (κ2) is 3.69. The smallest absolute Gasteiger partial charge is 0.216 e. The fourth-order valence-corrected chi connectivity index (χ4v) is 4.27. The van der Waals surface area contributed by atoms with Crippen molar-refractivity contribution in [2.75, 3.05) is 5.01 Å². The van der Waals surface area contributed by atoms with E-state index >= 15 is 0 Å². The lowest BCUT2D eigenvalue weighted by Crippen LogP contribution is -2.28. The van der Waals surface area contributed by atoms with Crippen molar-refractivity contribution < 1.29 is 5.11 Å². The molecular weight excluding hydrogens is 268 g/mol. The van der Waals surface area contributed by atoms with Crippen molar-refractivity contribution in [3.63, 3.8) is 0 Å². The van der Waals surface area contributed by atoms with Crippen molar-refractivity contribution in [3.05, 3.63) is 46.6 Å². The second-order valence-electron chi connectivity index (χ2n) is 3.94. The van der Waals surface area contributed by atoms with Crippen molar-refractivity contribution in [1.82, 2.24) is 14.9 Å². The Hall–Kier alpha value is -1.60. The Labute approximate surface area is 111 Å². The van der Waals surface area contributed by atoms with E-state index in [4.69, 9.17) is 0 Å². The van der Waals surface area contributed by atoms with E-state index in [0.29, 0.717) is 0 Å². The Bertz CT molecular complexity index is 654. The third kappa shape index (κ3) is 1.37. The summed E-state index contributed by atoms with van der Waals surface area (Å²) in [4.78, 5) is 0. The van der Waals surface area contributed by atoms with E-state index in [0.717, 1.165) is 15.7 Å². The van der Waals surface area contributed by atoms with E-state index in [2.05, 4.69) is 20.6 Å². The first kappa shape index (κ1) is 10.3. The second-order valence-corrected chi connectivity index (χ2v) is 5.89. The molecule has 0 radical (unpaired) electrons. The van der Waals surface area contributed by atoms with Gasteiger partial charge in [0.25, 0.3) is 0 Å². The molecule has 2 aliphatic heterocycles. The summed E-state index contributed by atoms with van der Waals surface area (Å²) >= 11 is 3.33. The lowest BCUT2D eigenvalue weighted by Gasteiger charge is -2.24. The maximum absolute atomic E-state index is 9.59. The summed E-state index contributed by atoms with van der Waals surface area (Å²) in [7, 11) is 0. The lowest BCUT2D eigenvalue weighted by atomic mass is 10.2. The molecular formula is C11H8N4OS2. The van der Waals surface area contributed by atoms with E-state index in [1.54, 1.807) is 42.0 Å². The molecule has 0 amide bonds. The molecule has 4 rings (SSSR count). The number of aromatic nitrogens is 3. The van der Waals surface area contributed by atoms with Gasteiger partial charge >= 0.3 is 0 Å². The standard InChI is InChI=1S/C11H8N4OS2/c16-8-3-1-2-7(4-8)10-15-9(5-17-10)18-11-13-12-6-14(11)15/h1-6,10,16H. The number of fused-ring (bicyclic) bond motifs is 3. The van der Waals surface area contributed by atoms with Crippen LogP contribution in [-0.2, 0) is 0 Å². The topological polar surface area (TPSA) is 54.2 Å². The molecule has 1 atom stereocenters. The van der Waals surface area contributed by atoms with E-state index in [-0.39, 0.29) is 11.1 Å². The summed E-state index contributed by atoms with van der Waals surface area (Å²) in [6.07, 6.45) is 1.71. The highest BCUT2D eigenvalue weighted by Crippen LogP contribution is 2.50. The van der Waals surface area contributed by atoms with Crippen LogP contribution in [0.1, 0.15) is 10.9 Å². The van der Waals surface area contributed by atoms with Crippen LogP contribution in [-0.4, -0.2) is 20.0 Å². The largest absolute Gasteiger partial charge is 0.508 e. The molecule has 0 aliphatic carbocycles. The summed E-state index contributed by atoms with van der Waals surface area (Å²) in [6.45, 7) is 0. The molecule has 2 aromatic rings. The summed E-state index contributed by atoms with van der Waals surface area (Å²) in [5.41, 5.74) is 1.06. The third-order valence-corrected chi connectivity index (χ3v) is 5.03. The molecule has 1 N–H and O–H groups in total. The fraction of sp³-hybridized carbons (Fsp3) is 0.0909.